The zero-order valence-electron chi connectivity index (χ0n) is 12.8. The van der Waals surface area contributed by atoms with Crippen LogP contribution in [0.3, 0.4) is 0 Å². The first-order chi connectivity index (χ1) is 9.20. The summed E-state index contributed by atoms with van der Waals surface area (Å²) in [7, 11) is 0. The van der Waals surface area contributed by atoms with Crippen LogP contribution in [0.4, 0.5) is 0 Å². The van der Waals surface area contributed by atoms with E-state index < -0.39 is 0 Å². The van der Waals surface area contributed by atoms with Crippen molar-refractivity contribution in [2.45, 2.75) is 40.7 Å². The normalized spacial score (nSPS) is 12.7. The maximum atomic E-state index is 11.8. The minimum absolute atomic E-state index is 0.00417. The molecule has 0 saturated heterocycles. The van der Waals surface area contributed by atoms with Crippen molar-refractivity contribution in [2.75, 3.05) is 6.61 Å². The van der Waals surface area contributed by atoms with Gasteiger partial charge in [0.05, 0.1) is 0 Å². The van der Waals surface area contributed by atoms with Crippen LogP contribution < -0.4 is 10.1 Å². The predicted octanol–water partition coefficient (Wildman–Crippen LogP) is 2.82. The summed E-state index contributed by atoms with van der Waals surface area (Å²) in [5.41, 5.74) is 0.579. The van der Waals surface area contributed by atoms with Gasteiger partial charge in [-0.25, -0.2) is 0 Å². The zero-order valence-corrected chi connectivity index (χ0v) is 12.8. The van der Waals surface area contributed by atoms with E-state index in [0.29, 0.717) is 11.3 Å². The number of Topliss-reactive ketones (excluding diaryl/α,β-unsaturated/α-hetero) is 1. The van der Waals surface area contributed by atoms with Gasteiger partial charge in [-0.1, -0.05) is 32.9 Å². The van der Waals surface area contributed by atoms with E-state index in [0.717, 1.165) is 0 Å². The lowest BCUT2D eigenvalue weighted by atomic mass is 9.88. The van der Waals surface area contributed by atoms with Gasteiger partial charge < -0.3 is 10.1 Å². The van der Waals surface area contributed by atoms with Crippen LogP contribution in [-0.2, 0) is 4.79 Å². The smallest absolute Gasteiger partial charge is 0.258 e. The highest BCUT2D eigenvalue weighted by atomic mass is 16.5. The quantitative estimate of drug-likeness (QED) is 0.842. The standard InChI is InChI=1S/C16H23NO3/c1-11(18)13-7-6-8-14(9-13)20-10-15(19)17-12(2)16(3,4)5/h6-9,12H,10H2,1-5H3,(H,17,19)/t12-/m1/s1. The van der Waals surface area contributed by atoms with E-state index in [1.165, 1.54) is 6.92 Å². The molecule has 1 N–H and O–H groups in total. The fourth-order valence-electron chi connectivity index (χ4n) is 1.45. The fraction of sp³-hybridized carbons (Fsp3) is 0.500. The van der Waals surface area contributed by atoms with Gasteiger partial charge in [0.15, 0.2) is 12.4 Å². The van der Waals surface area contributed by atoms with Gasteiger partial charge in [-0.05, 0) is 31.4 Å². The third kappa shape index (κ3) is 5.03. The Hall–Kier alpha value is -1.84. The molecular formula is C16H23NO3. The summed E-state index contributed by atoms with van der Waals surface area (Å²) in [6.07, 6.45) is 0. The highest BCUT2D eigenvalue weighted by molar-refractivity contribution is 5.94. The molecule has 1 aromatic carbocycles. The van der Waals surface area contributed by atoms with E-state index in [-0.39, 0.29) is 29.8 Å². The lowest BCUT2D eigenvalue weighted by molar-refractivity contribution is -0.124. The number of carbonyl (C=O) groups excluding carboxylic acids is 2. The van der Waals surface area contributed by atoms with Crippen molar-refractivity contribution < 1.29 is 14.3 Å². The van der Waals surface area contributed by atoms with Crippen LogP contribution in [0.1, 0.15) is 45.0 Å². The van der Waals surface area contributed by atoms with Crippen molar-refractivity contribution in [3.63, 3.8) is 0 Å². The first-order valence-corrected chi connectivity index (χ1v) is 6.73. The molecule has 0 spiro atoms. The van der Waals surface area contributed by atoms with Gasteiger partial charge in [-0.2, -0.15) is 0 Å². The topological polar surface area (TPSA) is 55.4 Å². The molecule has 1 aromatic rings. The largest absolute Gasteiger partial charge is 0.484 e. The highest BCUT2D eigenvalue weighted by Gasteiger charge is 2.21. The minimum atomic E-state index is -0.166. The molecule has 110 valence electrons. The summed E-state index contributed by atoms with van der Waals surface area (Å²) >= 11 is 0. The van der Waals surface area contributed by atoms with E-state index in [2.05, 4.69) is 26.1 Å². The third-order valence-corrected chi connectivity index (χ3v) is 3.29. The summed E-state index contributed by atoms with van der Waals surface area (Å²) < 4.78 is 5.41. The Labute approximate surface area is 120 Å². The Balaban J connectivity index is 2.53. The van der Waals surface area contributed by atoms with E-state index in [1.54, 1.807) is 24.3 Å². The second-order valence-corrected chi connectivity index (χ2v) is 6.03. The van der Waals surface area contributed by atoms with Crippen LogP contribution in [0.5, 0.6) is 5.75 Å². The molecule has 1 atom stereocenters. The molecule has 0 aliphatic heterocycles. The van der Waals surface area contributed by atoms with E-state index in [4.69, 9.17) is 4.74 Å². The molecule has 20 heavy (non-hydrogen) atoms. The molecule has 1 amide bonds. The molecule has 0 aromatic heterocycles. The van der Waals surface area contributed by atoms with Crippen LogP contribution in [0.15, 0.2) is 24.3 Å². The average Bonchev–Trinajstić information content (AvgIpc) is 2.35. The maximum absolute atomic E-state index is 11.8. The van der Waals surface area contributed by atoms with E-state index in [1.807, 2.05) is 6.92 Å². The molecule has 0 fully saturated rings. The third-order valence-electron chi connectivity index (χ3n) is 3.29. The van der Waals surface area contributed by atoms with E-state index >= 15 is 0 Å². The SMILES string of the molecule is CC(=O)c1cccc(OCC(=O)N[C@H](C)C(C)(C)C)c1. The first kappa shape index (κ1) is 16.2. The number of benzene rings is 1. The van der Waals surface area contributed by atoms with Crippen molar-refractivity contribution in [2.24, 2.45) is 5.41 Å². The molecule has 0 radical (unpaired) electrons. The zero-order chi connectivity index (χ0) is 15.3. The van der Waals surface area contributed by atoms with E-state index in [9.17, 15) is 9.59 Å². The molecule has 0 aliphatic rings. The van der Waals surface area contributed by atoms with Gasteiger partial charge in [-0.15, -0.1) is 0 Å². The maximum Gasteiger partial charge on any atom is 0.258 e. The number of hydrogen-bond donors (Lipinski definition) is 1. The van der Waals surface area contributed by atoms with Crippen molar-refractivity contribution in [3.8, 4) is 5.75 Å². The van der Waals surface area contributed by atoms with Crippen molar-refractivity contribution in [3.05, 3.63) is 29.8 Å². The first-order valence-electron chi connectivity index (χ1n) is 6.73. The minimum Gasteiger partial charge on any atom is -0.484 e. The number of ether oxygens (including phenoxy) is 1. The van der Waals surface area contributed by atoms with Crippen LogP contribution in [0, 0.1) is 5.41 Å². The average molecular weight is 277 g/mol. The fourth-order valence-corrected chi connectivity index (χ4v) is 1.45. The number of nitrogens with one attached hydrogen (secondary N) is 1. The second kappa shape index (κ2) is 6.55. The monoisotopic (exact) mass is 277 g/mol. The molecule has 0 heterocycles. The second-order valence-electron chi connectivity index (χ2n) is 6.03. The van der Waals surface area contributed by atoms with Crippen molar-refractivity contribution in [1.82, 2.24) is 5.32 Å². The number of rotatable bonds is 5. The van der Waals surface area contributed by atoms with Gasteiger partial charge in [0, 0.05) is 11.6 Å². The van der Waals surface area contributed by atoms with Crippen molar-refractivity contribution >= 4 is 11.7 Å². The summed E-state index contributed by atoms with van der Waals surface area (Å²) in [4.78, 5) is 23.0. The highest BCUT2D eigenvalue weighted by Crippen LogP contribution is 2.18. The molecular weight excluding hydrogens is 254 g/mol. The van der Waals surface area contributed by atoms with Gasteiger partial charge >= 0.3 is 0 Å². The lowest BCUT2D eigenvalue weighted by Gasteiger charge is -2.28. The molecule has 4 heteroatoms. The molecule has 4 nitrogen and oxygen atoms in total. The van der Waals surface area contributed by atoms with Crippen LogP contribution in [0.25, 0.3) is 0 Å². The molecule has 0 saturated carbocycles. The van der Waals surface area contributed by atoms with Crippen LogP contribution >= 0.6 is 0 Å². The molecule has 0 unspecified atom stereocenters. The summed E-state index contributed by atoms with van der Waals surface area (Å²) in [5.74, 6) is 0.332. The summed E-state index contributed by atoms with van der Waals surface area (Å²) in [5, 5.41) is 2.90. The number of ketones is 1. The predicted molar refractivity (Wildman–Crippen MR) is 79.0 cm³/mol. The molecule has 1 rings (SSSR count). The Morgan fingerprint density at radius 1 is 1.30 bits per heavy atom. The van der Waals surface area contributed by atoms with Gasteiger partial charge in [0.1, 0.15) is 5.75 Å². The van der Waals surface area contributed by atoms with Gasteiger partial charge in [0.2, 0.25) is 0 Å². The van der Waals surface area contributed by atoms with Gasteiger partial charge in [0.25, 0.3) is 5.91 Å². The summed E-state index contributed by atoms with van der Waals surface area (Å²) in [6, 6.07) is 6.89. The van der Waals surface area contributed by atoms with Gasteiger partial charge in [-0.3, -0.25) is 9.59 Å². The van der Waals surface area contributed by atoms with Crippen LogP contribution in [-0.4, -0.2) is 24.3 Å². The molecule has 0 aliphatic carbocycles. The Bertz CT molecular complexity index is 489. The number of hydrogen-bond acceptors (Lipinski definition) is 3. The molecule has 0 bridgehead atoms. The Morgan fingerprint density at radius 3 is 2.50 bits per heavy atom. The summed E-state index contributed by atoms with van der Waals surface area (Å²) in [6.45, 7) is 9.60. The van der Waals surface area contributed by atoms with Crippen LogP contribution in [0.2, 0.25) is 0 Å². The number of amides is 1. The van der Waals surface area contributed by atoms with Crippen molar-refractivity contribution in [1.29, 1.82) is 0 Å². The Morgan fingerprint density at radius 2 is 1.95 bits per heavy atom. The number of carbonyl (C=O) groups is 2. The Kier molecular flexibility index (Phi) is 5.31. The lowest BCUT2D eigenvalue weighted by Crippen LogP contribution is -2.43.